The van der Waals surface area contributed by atoms with Gasteiger partial charge in [0.1, 0.15) is 0 Å². The maximum Gasteiger partial charge on any atom is 0 e. The zero-order valence-electron chi connectivity index (χ0n) is 3.28. The smallest absolute Gasteiger partial charge is 0 e. The molecule has 0 bridgehead atoms. The summed E-state index contributed by atoms with van der Waals surface area (Å²) in [6.07, 6.45) is 0. The SMILES string of the molecule is C.C.C.C.C.[CH2-]C.[CH3-].[Y]. The Bertz CT molecular complexity index is 4.53. The van der Waals surface area contributed by atoms with Crippen LogP contribution in [0.3, 0.4) is 0 Å². The molecule has 0 nitrogen and oxygen atoms in total. The fourth-order valence-electron chi connectivity index (χ4n) is 0. The third-order valence-corrected chi connectivity index (χ3v) is 0. The van der Waals surface area contributed by atoms with E-state index in [0.717, 1.165) is 0 Å². The quantitative estimate of drug-likeness (QED) is 0.521. The third-order valence-electron chi connectivity index (χ3n) is 0. The number of hydrogen-bond acceptors (Lipinski definition) is 0. The van der Waals surface area contributed by atoms with Crippen LogP contribution in [0, 0.1) is 14.4 Å². The molecule has 0 aromatic rings. The number of hydrogen-bond donors (Lipinski definition) is 0. The topological polar surface area (TPSA) is 0 Å². The predicted octanol–water partition coefficient (Wildman–Crippen LogP) is 4.47. The van der Waals surface area contributed by atoms with Crippen molar-refractivity contribution >= 4 is 0 Å². The Morgan fingerprint density at radius 1 is 0.667 bits per heavy atom. The Morgan fingerprint density at radius 2 is 0.667 bits per heavy atom. The van der Waals surface area contributed by atoms with Crippen molar-refractivity contribution in [1.29, 1.82) is 0 Å². The monoisotopic (exact) mass is 213 g/mol. The third kappa shape index (κ3) is 377. The van der Waals surface area contributed by atoms with Gasteiger partial charge >= 0.3 is 0 Å². The summed E-state index contributed by atoms with van der Waals surface area (Å²) in [4.78, 5) is 0. The van der Waals surface area contributed by atoms with Crippen LogP contribution in [0.4, 0.5) is 0 Å². The van der Waals surface area contributed by atoms with Crippen LogP contribution in [0.15, 0.2) is 0 Å². The van der Waals surface area contributed by atoms with Gasteiger partial charge in [-0.05, 0) is 0 Å². The van der Waals surface area contributed by atoms with Gasteiger partial charge in [0.25, 0.3) is 0 Å². The van der Waals surface area contributed by atoms with Gasteiger partial charge in [0.2, 0.25) is 0 Å². The van der Waals surface area contributed by atoms with E-state index in [0.29, 0.717) is 0 Å². The van der Waals surface area contributed by atoms with E-state index < -0.39 is 0 Å². The first-order chi connectivity index (χ1) is 1.00. The summed E-state index contributed by atoms with van der Waals surface area (Å²) in [5, 5.41) is 0. The molecule has 0 saturated carbocycles. The van der Waals surface area contributed by atoms with E-state index in [1.54, 1.807) is 6.92 Å². The van der Waals surface area contributed by atoms with Gasteiger partial charge in [0, 0.05) is 32.7 Å². The Morgan fingerprint density at radius 3 is 0.667 bits per heavy atom. The van der Waals surface area contributed by atoms with Crippen LogP contribution in [-0.4, -0.2) is 0 Å². The second-order valence-electron chi connectivity index (χ2n) is 0. The van der Waals surface area contributed by atoms with Crippen molar-refractivity contribution in [1.82, 2.24) is 0 Å². The molecule has 0 aromatic carbocycles. The summed E-state index contributed by atoms with van der Waals surface area (Å²) in [5.74, 6) is 0. The van der Waals surface area contributed by atoms with E-state index in [-0.39, 0.29) is 77.3 Å². The summed E-state index contributed by atoms with van der Waals surface area (Å²) in [6, 6.07) is 0. The Labute approximate surface area is 90.7 Å². The van der Waals surface area contributed by atoms with Crippen LogP contribution in [0.5, 0.6) is 0 Å². The van der Waals surface area contributed by atoms with Gasteiger partial charge in [-0.3, -0.25) is 0 Å². The van der Waals surface area contributed by atoms with Gasteiger partial charge in [0.15, 0.2) is 0 Å². The molecular weight excluding hydrogens is 185 g/mol. The van der Waals surface area contributed by atoms with Crippen molar-refractivity contribution in [3.8, 4) is 0 Å². The molecule has 0 spiro atoms. The molecule has 0 aliphatic carbocycles. The maximum absolute atomic E-state index is 3.25. The maximum atomic E-state index is 3.25. The molecule has 0 fully saturated rings. The van der Waals surface area contributed by atoms with Crippen LogP contribution in [0.2, 0.25) is 0 Å². The molecule has 0 unspecified atom stereocenters. The van der Waals surface area contributed by atoms with Gasteiger partial charge < -0.3 is 14.4 Å². The van der Waals surface area contributed by atoms with Crippen molar-refractivity contribution < 1.29 is 32.7 Å². The van der Waals surface area contributed by atoms with Crippen LogP contribution >= 0.6 is 0 Å². The van der Waals surface area contributed by atoms with E-state index in [9.17, 15) is 0 Å². The molecule has 0 amide bonds. The molecule has 65 valence electrons. The van der Waals surface area contributed by atoms with E-state index in [4.69, 9.17) is 0 Å². The van der Waals surface area contributed by atoms with Crippen molar-refractivity contribution in [2.75, 3.05) is 0 Å². The second kappa shape index (κ2) is 491. The number of rotatable bonds is 0. The molecule has 1 heteroatoms. The van der Waals surface area contributed by atoms with Gasteiger partial charge in [-0.25, -0.2) is 0 Å². The Kier molecular flexibility index (Phi) is 10300. The van der Waals surface area contributed by atoms with E-state index in [1.807, 2.05) is 0 Å². The van der Waals surface area contributed by atoms with Crippen LogP contribution < -0.4 is 0 Å². The zero-order chi connectivity index (χ0) is 2.00. The van der Waals surface area contributed by atoms with Crippen molar-refractivity contribution in [3.05, 3.63) is 14.4 Å². The molecule has 0 N–H and O–H groups in total. The average Bonchev–Trinajstić information content (AvgIpc) is 1.00. The van der Waals surface area contributed by atoms with Crippen LogP contribution in [0.1, 0.15) is 44.1 Å². The zero-order valence-corrected chi connectivity index (χ0v) is 6.12. The minimum atomic E-state index is 0. The van der Waals surface area contributed by atoms with Gasteiger partial charge in [-0.15, -0.1) is 0 Å². The molecule has 0 rings (SSSR count). The minimum absolute atomic E-state index is 0. The van der Waals surface area contributed by atoms with E-state index in [2.05, 4.69) is 6.92 Å². The van der Waals surface area contributed by atoms with Crippen LogP contribution in [0.25, 0.3) is 0 Å². The molecule has 0 aromatic heterocycles. The van der Waals surface area contributed by atoms with E-state index in [1.165, 1.54) is 0 Å². The van der Waals surface area contributed by atoms with Gasteiger partial charge in [-0.1, -0.05) is 37.1 Å². The van der Waals surface area contributed by atoms with Crippen LogP contribution in [-0.2, 0) is 32.7 Å². The first kappa shape index (κ1) is 189. The van der Waals surface area contributed by atoms with E-state index >= 15 is 0 Å². The first-order valence-electron chi connectivity index (χ1n) is 0.707. The summed E-state index contributed by atoms with van der Waals surface area (Å²) >= 11 is 0. The molecule has 0 atom stereocenters. The normalized spacial score (nSPS) is 0.667. The Balaban J connectivity index is -0.000000000238. The summed E-state index contributed by atoms with van der Waals surface area (Å²) in [6.45, 7) is 5.00. The average molecular weight is 213 g/mol. The van der Waals surface area contributed by atoms with Gasteiger partial charge in [-0.2, -0.15) is 6.92 Å². The second-order valence-corrected chi connectivity index (χ2v) is 0. The molecular formula is C8H28Y-2. The first-order valence-corrected chi connectivity index (χ1v) is 0.707. The summed E-state index contributed by atoms with van der Waals surface area (Å²) in [5.41, 5.74) is 0. The summed E-state index contributed by atoms with van der Waals surface area (Å²) < 4.78 is 0. The summed E-state index contributed by atoms with van der Waals surface area (Å²) in [7, 11) is 0. The predicted molar refractivity (Wildman–Crippen MR) is 51.1 cm³/mol. The molecule has 1 radical (unpaired) electrons. The van der Waals surface area contributed by atoms with Crippen molar-refractivity contribution in [2.24, 2.45) is 0 Å². The standard InChI is InChI=1S/C2H5.5CH4.CH3.Y/c1-2;;;;;;;/h1H2,2H3;5*1H4;1H3;/q-1;;;;;;-1;. The Hall–Kier alpha value is 1.10. The molecule has 0 heterocycles. The molecule has 0 aliphatic rings. The molecule has 0 saturated heterocycles. The van der Waals surface area contributed by atoms with Crippen molar-refractivity contribution in [2.45, 2.75) is 44.1 Å². The molecule has 0 aliphatic heterocycles. The minimum Gasteiger partial charge on any atom is -0.358 e. The fraction of sp³-hybridized carbons (Fsp3) is 0.750. The van der Waals surface area contributed by atoms with Crippen molar-refractivity contribution in [3.63, 3.8) is 0 Å². The largest absolute Gasteiger partial charge is 0.358 e. The molecule has 9 heavy (non-hydrogen) atoms. The van der Waals surface area contributed by atoms with Gasteiger partial charge in [0.05, 0.1) is 0 Å². The fourth-order valence-corrected chi connectivity index (χ4v) is 0.